The molecule has 1 aliphatic heterocycles. The number of aromatic nitrogens is 2. The summed E-state index contributed by atoms with van der Waals surface area (Å²) in [5.41, 5.74) is 0.387. The molecule has 0 aliphatic carbocycles. The van der Waals surface area contributed by atoms with Gasteiger partial charge in [0.1, 0.15) is 0 Å². The Kier molecular flexibility index (Phi) is 6.41. The summed E-state index contributed by atoms with van der Waals surface area (Å²) in [6, 6.07) is 6.47. The van der Waals surface area contributed by atoms with Crippen LogP contribution in [-0.2, 0) is 19.4 Å². The number of carbonyl (C=O) groups excluding carboxylic acids is 1. The fourth-order valence-corrected chi connectivity index (χ4v) is 5.82. The Labute approximate surface area is 167 Å². The molecule has 152 valence electrons. The molecule has 0 bridgehead atoms. The summed E-state index contributed by atoms with van der Waals surface area (Å²) in [7, 11) is -1.49. The van der Waals surface area contributed by atoms with Crippen LogP contribution < -0.4 is 10.9 Å². The van der Waals surface area contributed by atoms with E-state index in [-0.39, 0.29) is 40.8 Å². The van der Waals surface area contributed by atoms with Crippen molar-refractivity contribution < 1.29 is 17.9 Å². The number of para-hydroxylation sites is 1. The number of ether oxygens (including phenoxy) is 1. The Bertz CT molecular complexity index is 1040. The SMILES string of the molecule is COCC(C)n1c(SCC(=O)NC2CCS(=O)(=O)C2)nc2ccccc2c1=O. The van der Waals surface area contributed by atoms with Crippen LogP contribution in [0.3, 0.4) is 0 Å². The normalized spacial score (nSPS) is 19.6. The van der Waals surface area contributed by atoms with E-state index >= 15 is 0 Å². The van der Waals surface area contributed by atoms with Gasteiger partial charge in [0, 0.05) is 13.2 Å². The Morgan fingerprint density at radius 3 is 2.86 bits per heavy atom. The van der Waals surface area contributed by atoms with Crippen LogP contribution in [0, 0.1) is 0 Å². The quantitative estimate of drug-likeness (QED) is 0.521. The number of amides is 1. The van der Waals surface area contributed by atoms with E-state index in [1.54, 1.807) is 35.9 Å². The highest BCUT2D eigenvalue weighted by atomic mass is 32.2. The van der Waals surface area contributed by atoms with E-state index in [2.05, 4.69) is 10.3 Å². The summed E-state index contributed by atoms with van der Waals surface area (Å²) in [6.45, 7) is 2.19. The Hall–Kier alpha value is -1.91. The van der Waals surface area contributed by atoms with Crippen LogP contribution in [0.2, 0.25) is 0 Å². The number of methoxy groups -OCH3 is 1. The van der Waals surface area contributed by atoms with Crippen molar-refractivity contribution in [2.24, 2.45) is 0 Å². The molecule has 1 aromatic carbocycles. The molecule has 3 rings (SSSR count). The molecule has 2 aromatic rings. The molecule has 2 unspecified atom stereocenters. The maximum atomic E-state index is 12.9. The second-order valence-electron chi connectivity index (χ2n) is 6.85. The molecule has 2 atom stereocenters. The summed E-state index contributed by atoms with van der Waals surface area (Å²) in [6.07, 6.45) is 0.433. The van der Waals surface area contributed by atoms with Gasteiger partial charge in [-0.1, -0.05) is 23.9 Å². The highest BCUT2D eigenvalue weighted by molar-refractivity contribution is 7.99. The maximum Gasteiger partial charge on any atom is 0.262 e. The number of fused-ring (bicyclic) bond motifs is 1. The number of nitrogens with zero attached hydrogens (tertiary/aromatic N) is 2. The fourth-order valence-electron chi connectivity index (χ4n) is 3.24. The van der Waals surface area contributed by atoms with Crippen LogP contribution in [0.15, 0.2) is 34.2 Å². The zero-order valence-corrected chi connectivity index (χ0v) is 17.4. The summed E-state index contributed by atoms with van der Waals surface area (Å²) in [4.78, 5) is 29.8. The number of thioether (sulfide) groups is 1. The second kappa shape index (κ2) is 8.62. The van der Waals surface area contributed by atoms with Gasteiger partial charge in [0.25, 0.3) is 5.56 Å². The molecule has 8 nitrogen and oxygen atoms in total. The first-order valence-electron chi connectivity index (χ1n) is 8.93. The third-order valence-corrected chi connectivity index (χ3v) is 7.27. The van der Waals surface area contributed by atoms with E-state index in [4.69, 9.17) is 4.74 Å². The molecule has 2 heterocycles. The minimum atomic E-state index is -3.06. The van der Waals surface area contributed by atoms with Gasteiger partial charge in [-0.2, -0.15) is 0 Å². The second-order valence-corrected chi connectivity index (χ2v) is 10.0. The lowest BCUT2D eigenvalue weighted by atomic mass is 10.2. The summed E-state index contributed by atoms with van der Waals surface area (Å²) in [5.74, 6) is -0.153. The summed E-state index contributed by atoms with van der Waals surface area (Å²) >= 11 is 1.16. The van der Waals surface area contributed by atoms with Crippen molar-refractivity contribution in [1.82, 2.24) is 14.9 Å². The predicted molar refractivity (Wildman–Crippen MR) is 109 cm³/mol. The zero-order valence-electron chi connectivity index (χ0n) is 15.8. The van der Waals surface area contributed by atoms with Crippen LogP contribution in [0.5, 0.6) is 0 Å². The van der Waals surface area contributed by atoms with Crippen LogP contribution in [0.4, 0.5) is 0 Å². The molecular weight excluding hydrogens is 402 g/mol. The van der Waals surface area contributed by atoms with Crippen LogP contribution in [-0.4, -0.2) is 60.9 Å². The van der Waals surface area contributed by atoms with E-state index in [1.807, 2.05) is 6.92 Å². The lowest BCUT2D eigenvalue weighted by molar-refractivity contribution is -0.119. The standard InChI is InChI=1S/C18H23N3O5S2/c1-12(9-26-2)21-17(23)14-5-3-4-6-15(14)20-18(21)27-10-16(22)19-13-7-8-28(24,25)11-13/h3-6,12-13H,7-11H2,1-2H3,(H,19,22). The smallest absolute Gasteiger partial charge is 0.262 e. The van der Waals surface area contributed by atoms with Gasteiger partial charge in [0.2, 0.25) is 5.91 Å². The molecule has 10 heteroatoms. The topological polar surface area (TPSA) is 107 Å². The number of nitrogens with one attached hydrogen (secondary N) is 1. The van der Waals surface area contributed by atoms with Crippen molar-refractivity contribution >= 4 is 38.4 Å². The highest BCUT2D eigenvalue weighted by Crippen LogP contribution is 2.21. The molecule has 1 saturated heterocycles. The Morgan fingerprint density at radius 1 is 1.43 bits per heavy atom. The predicted octanol–water partition coefficient (Wildman–Crippen LogP) is 0.999. The molecule has 0 radical (unpaired) electrons. The lowest BCUT2D eigenvalue weighted by Crippen LogP contribution is -2.37. The Balaban J connectivity index is 1.80. The number of sulfone groups is 1. The van der Waals surface area contributed by atoms with Gasteiger partial charge in [-0.05, 0) is 25.5 Å². The van der Waals surface area contributed by atoms with Crippen molar-refractivity contribution in [1.29, 1.82) is 0 Å². The van der Waals surface area contributed by atoms with Crippen molar-refractivity contribution in [2.45, 2.75) is 30.6 Å². The third kappa shape index (κ3) is 4.73. The van der Waals surface area contributed by atoms with Gasteiger partial charge in [-0.15, -0.1) is 0 Å². The molecule has 0 saturated carbocycles. The number of hydrogen-bond donors (Lipinski definition) is 1. The van der Waals surface area contributed by atoms with E-state index in [1.165, 1.54) is 0 Å². The molecular formula is C18H23N3O5S2. The molecule has 1 fully saturated rings. The first-order chi connectivity index (χ1) is 13.3. The van der Waals surface area contributed by atoms with E-state index in [9.17, 15) is 18.0 Å². The number of rotatable bonds is 7. The van der Waals surface area contributed by atoms with Crippen molar-refractivity contribution in [2.75, 3.05) is 31.0 Å². The monoisotopic (exact) mass is 425 g/mol. The van der Waals surface area contributed by atoms with Gasteiger partial charge in [-0.3, -0.25) is 14.2 Å². The summed E-state index contributed by atoms with van der Waals surface area (Å²) < 4.78 is 29.8. The largest absolute Gasteiger partial charge is 0.383 e. The van der Waals surface area contributed by atoms with Crippen molar-refractivity contribution in [3.63, 3.8) is 0 Å². The number of hydrogen-bond acceptors (Lipinski definition) is 7. The molecule has 0 spiro atoms. The number of carbonyl (C=O) groups is 1. The van der Waals surface area contributed by atoms with Crippen LogP contribution in [0.1, 0.15) is 19.4 Å². The lowest BCUT2D eigenvalue weighted by Gasteiger charge is -2.19. The molecule has 1 N–H and O–H groups in total. The van der Waals surface area contributed by atoms with Gasteiger partial charge >= 0.3 is 0 Å². The molecule has 28 heavy (non-hydrogen) atoms. The van der Waals surface area contributed by atoms with Gasteiger partial charge in [0.05, 0.1) is 40.8 Å². The van der Waals surface area contributed by atoms with Gasteiger partial charge in [-0.25, -0.2) is 13.4 Å². The maximum absolute atomic E-state index is 12.9. The van der Waals surface area contributed by atoms with E-state index in [0.29, 0.717) is 29.1 Å². The third-order valence-electron chi connectivity index (χ3n) is 4.55. The fraction of sp³-hybridized carbons (Fsp3) is 0.500. The zero-order chi connectivity index (χ0) is 20.3. The molecule has 1 aromatic heterocycles. The van der Waals surface area contributed by atoms with Gasteiger partial charge in [0.15, 0.2) is 15.0 Å². The van der Waals surface area contributed by atoms with Crippen molar-refractivity contribution in [3.05, 3.63) is 34.6 Å². The highest BCUT2D eigenvalue weighted by Gasteiger charge is 2.29. The first kappa shape index (κ1) is 20.8. The van der Waals surface area contributed by atoms with Crippen LogP contribution in [0.25, 0.3) is 10.9 Å². The first-order valence-corrected chi connectivity index (χ1v) is 11.7. The molecule has 1 aliphatic rings. The van der Waals surface area contributed by atoms with E-state index in [0.717, 1.165) is 11.8 Å². The van der Waals surface area contributed by atoms with Crippen LogP contribution >= 0.6 is 11.8 Å². The average molecular weight is 426 g/mol. The summed E-state index contributed by atoms with van der Waals surface area (Å²) in [5, 5.41) is 3.69. The minimum Gasteiger partial charge on any atom is -0.383 e. The van der Waals surface area contributed by atoms with Gasteiger partial charge < -0.3 is 10.1 Å². The number of benzene rings is 1. The molecule has 1 amide bonds. The van der Waals surface area contributed by atoms with E-state index < -0.39 is 9.84 Å². The van der Waals surface area contributed by atoms with Crippen molar-refractivity contribution in [3.8, 4) is 0 Å². The Morgan fingerprint density at radius 2 is 2.18 bits per heavy atom. The average Bonchev–Trinajstić information content (AvgIpc) is 2.98. The minimum absolute atomic E-state index is 0.0206.